The van der Waals surface area contributed by atoms with Crippen LogP contribution in [0.25, 0.3) is 0 Å². The Labute approximate surface area is 108 Å². The second-order valence-electron chi connectivity index (χ2n) is 4.37. The first-order chi connectivity index (χ1) is 8.69. The monoisotopic (exact) mass is 250 g/mol. The molecule has 0 spiro atoms. The Kier molecular flexibility index (Phi) is 6.22. The summed E-state index contributed by atoms with van der Waals surface area (Å²) in [6.07, 6.45) is 7.70. The van der Waals surface area contributed by atoms with Gasteiger partial charge in [-0.05, 0) is 25.3 Å². The van der Waals surface area contributed by atoms with Crippen molar-refractivity contribution in [2.45, 2.75) is 32.2 Å². The molecule has 2 N–H and O–H groups in total. The highest BCUT2D eigenvalue weighted by Crippen LogP contribution is 2.10. The normalized spacial score (nSPS) is 10.3. The minimum Gasteiger partial charge on any atom is -0.467 e. The number of carbonyl (C=O) groups excluding carboxylic acids is 1. The highest BCUT2D eigenvalue weighted by atomic mass is 16.3. The molecule has 0 aliphatic heterocycles. The van der Waals surface area contributed by atoms with E-state index in [9.17, 15) is 4.79 Å². The smallest absolute Gasteiger partial charge is 0.256 e. The molecule has 4 heteroatoms. The van der Waals surface area contributed by atoms with E-state index in [0.717, 1.165) is 32.2 Å². The maximum atomic E-state index is 12.0. The molecule has 1 aromatic rings. The van der Waals surface area contributed by atoms with E-state index in [-0.39, 0.29) is 5.91 Å². The number of nitrogens with two attached hydrogens (primary N) is 1. The number of nitrogens with zero attached hydrogens (tertiary/aromatic N) is 1. The first-order valence-electron chi connectivity index (χ1n) is 6.33. The standard InChI is InChI=1S/C14H22N2O2/c1-3-4-5-6-7-8-16(2)14(17)12-9-13(10-15)18-11-12/h3,9,11H,1,4-8,10,15H2,2H3. The van der Waals surface area contributed by atoms with E-state index in [2.05, 4.69) is 6.58 Å². The van der Waals surface area contributed by atoms with Crippen molar-refractivity contribution >= 4 is 5.91 Å². The fourth-order valence-corrected chi connectivity index (χ4v) is 1.74. The lowest BCUT2D eigenvalue weighted by molar-refractivity contribution is 0.0792. The van der Waals surface area contributed by atoms with Crippen LogP contribution in [0.15, 0.2) is 29.4 Å². The molecular formula is C14H22N2O2. The number of hydrogen-bond donors (Lipinski definition) is 1. The Hall–Kier alpha value is -1.55. The summed E-state index contributed by atoms with van der Waals surface area (Å²) in [4.78, 5) is 13.7. The molecule has 100 valence electrons. The summed E-state index contributed by atoms with van der Waals surface area (Å²) in [5.74, 6) is 0.625. The highest BCUT2D eigenvalue weighted by molar-refractivity contribution is 5.93. The first-order valence-corrected chi connectivity index (χ1v) is 6.33. The van der Waals surface area contributed by atoms with E-state index in [4.69, 9.17) is 10.2 Å². The Bertz CT molecular complexity index is 385. The third kappa shape index (κ3) is 4.37. The summed E-state index contributed by atoms with van der Waals surface area (Å²) in [6.45, 7) is 4.77. The number of furan rings is 1. The number of hydrogen-bond acceptors (Lipinski definition) is 3. The van der Waals surface area contributed by atoms with Gasteiger partial charge in [0, 0.05) is 13.6 Å². The van der Waals surface area contributed by atoms with Gasteiger partial charge < -0.3 is 15.1 Å². The quantitative estimate of drug-likeness (QED) is 0.570. The summed E-state index contributed by atoms with van der Waals surface area (Å²) in [5, 5.41) is 0. The van der Waals surface area contributed by atoms with Crippen molar-refractivity contribution in [3.05, 3.63) is 36.3 Å². The van der Waals surface area contributed by atoms with Gasteiger partial charge in [0.25, 0.3) is 5.91 Å². The average Bonchev–Trinajstić information content (AvgIpc) is 2.86. The Morgan fingerprint density at radius 3 is 2.89 bits per heavy atom. The molecule has 0 atom stereocenters. The number of unbranched alkanes of at least 4 members (excludes halogenated alkanes) is 3. The van der Waals surface area contributed by atoms with Crippen LogP contribution in [0.5, 0.6) is 0 Å². The molecule has 0 aromatic carbocycles. The van der Waals surface area contributed by atoms with Gasteiger partial charge in [0.1, 0.15) is 12.0 Å². The maximum absolute atomic E-state index is 12.0. The molecule has 0 aliphatic carbocycles. The maximum Gasteiger partial charge on any atom is 0.256 e. The van der Waals surface area contributed by atoms with Crippen LogP contribution in [-0.2, 0) is 6.54 Å². The number of rotatable bonds is 8. The van der Waals surface area contributed by atoms with E-state index in [0.29, 0.717) is 17.9 Å². The van der Waals surface area contributed by atoms with Crippen LogP contribution < -0.4 is 5.73 Å². The molecule has 0 saturated carbocycles. The average molecular weight is 250 g/mol. The molecule has 0 bridgehead atoms. The van der Waals surface area contributed by atoms with Crippen LogP contribution >= 0.6 is 0 Å². The molecular weight excluding hydrogens is 228 g/mol. The van der Waals surface area contributed by atoms with Gasteiger partial charge in [0.05, 0.1) is 12.1 Å². The second-order valence-corrected chi connectivity index (χ2v) is 4.37. The van der Waals surface area contributed by atoms with Crippen molar-refractivity contribution in [1.82, 2.24) is 4.90 Å². The first kappa shape index (κ1) is 14.5. The summed E-state index contributed by atoms with van der Waals surface area (Å²) in [5.41, 5.74) is 6.01. The van der Waals surface area contributed by atoms with Crippen LogP contribution in [0.1, 0.15) is 41.8 Å². The van der Waals surface area contributed by atoms with Crippen molar-refractivity contribution in [3.63, 3.8) is 0 Å². The zero-order valence-corrected chi connectivity index (χ0v) is 11.0. The fourth-order valence-electron chi connectivity index (χ4n) is 1.74. The van der Waals surface area contributed by atoms with Gasteiger partial charge in [0.2, 0.25) is 0 Å². The minimum absolute atomic E-state index is 0.0119. The molecule has 1 amide bonds. The van der Waals surface area contributed by atoms with Crippen LogP contribution in [0.2, 0.25) is 0 Å². The summed E-state index contributed by atoms with van der Waals surface area (Å²) >= 11 is 0. The van der Waals surface area contributed by atoms with Gasteiger partial charge in [-0.15, -0.1) is 6.58 Å². The summed E-state index contributed by atoms with van der Waals surface area (Å²) in [7, 11) is 1.81. The summed E-state index contributed by atoms with van der Waals surface area (Å²) < 4.78 is 5.16. The third-order valence-corrected chi connectivity index (χ3v) is 2.85. The van der Waals surface area contributed by atoms with Crippen LogP contribution in [0.4, 0.5) is 0 Å². The van der Waals surface area contributed by atoms with Crippen LogP contribution in [0.3, 0.4) is 0 Å². The van der Waals surface area contributed by atoms with Gasteiger partial charge in [-0.25, -0.2) is 0 Å². The SMILES string of the molecule is C=CCCCCCN(C)C(=O)c1coc(CN)c1. The topological polar surface area (TPSA) is 59.5 Å². The lowest BCUT2D eigenvalue weighted by Crippen LogP contribution is -2.27. The van der Waals surface area contributed by atoms with Crippen molar-refractivity contribution in [2.75, 3.05) is 13.6 Å². The van der Waals surface area contributed by atoms with E-state index in [1.165, 1.54) is 6.26 Å². The van der Waals surface area contributed by atoms with Gasteiger partial charge >= 0.3 is 0 Å². The van der Waals surface area contributed by atoms with Crippen molar-refractivity contribution in [2.24, 2.45) is 5.73 Å². The molecule has 0 radical (unpaired) electrons. The van der Waals surface area contributed by atoms with Gasteiger partial charge in [-0.1, -0.05) is 12.5 Å². The van der Waals surface area contributed by atoms with Gasteiger partial charge in [-0.2, -0.15) is 0 Å². The molecule has 0 saturated heterocycles. The Morgan fingerprint density at radius 1 is 1.50 bits per heavy atom. The lowest BCUT2D eigenvalue weighted by Gasteiger charge is -2.15. The molecule has 1 heterocycles. The molecule has 1 aromatic heterocycles. The van der Waals surface area contributed by atoms with Crippen molar-refractivity contribution in [3.8, 4) is 0 Å². The lowest BCUT2D eigenvalue weighted by atomic mass is 10.2. The van der Waals surface area contributed by atoms with Crippen molar-refractivity contribution < 1.29 is 9.21 Å². The zero-order valence-electron chi connectivity index (χ0n) is 11.0. The van der Waals surface area contributed by atoms with Gasteiger partial charge in [-0.3, -0.25) is 4.79 Å². The van der Waals surface area contributed by atoms with Crippen LogP contribution in [-0.4, -0.2) is 24.4 Å². The zero-order chi connectivity index (χ0) is 13.4. The molecule has 4 nitrogen and oxygen atoms in total. The molecule has 1 rings (SSSR count). The Morgan fingerprint density at radius 2 is 2.28 bits per heavy atom. The highest BCUT2D eigenvalue weighted by Gasteiger charge is 2.13. The molecule has 0 aliphatic rings. The molecule has 0 unspecified atom stereocenters. The third-order valence-electron chi connectivity index (χ3n) is 2.85. The number of carbonyl (C=O) groups is 1. The van der Waals surface area contributed by atoms with E-state index in [1.807, 2.05) is 13.1 Å². The fraction of sp³-hybridized carbons (Fsp3) is 0.500. The predicted octanol–water partition coefficient (Wildman–Crippen LogP) is 2.56. The van der Waals surface area contributed by atoms with E-state index >= 15 is 0 Å². The van der Waals surface area contributed by atoms with E-state index < -0.39 is 0 Å². The molecule has 18 heavy (non-hydrogen) atoms. The number of amides is 1. The molecule has 0 fully saturated rings. The van der Waals surface area contributed by atoms with Crippen molar-refractivity contribution in [1.29, 1.82) is 0 Å². The number of allylic oxidation sites excluding steroid dienone is 1. The summed E-state index contributed by atoms with van der Waals surface area (Å²) in [6, 6.07) is 1.70. The largest absolute Gasteiger partial charge is 0.467 e. The minimum atomic E-state index is -0.0119. The second kappa shape index (κ2) is 7.71. The van der Waals surface area contributed by atoms with Crippen LogP contribution in [0, 0.1) is 0 Å². The van der Waals surface area contributed by atoms with Gasteiger partial charge in [0.15, 0.2) is 0 Å². The van der Waals surface area contributed by atoms with E-state index in [1.54, 1.807) is 11.0 Å². The predicted molar refractivity (Wildman–Crippen MR) is 72.2 cm³/mol. The Balaban J connectivity index is 2.34.